The van der Waals surface area contributed by atoms with Gasteiger partial charge in [-0.3, -0.25) is 14.5 Å². The van der Waals surface area contributed by atoms with Gasteiger partial charge in [0.2, 0.25) is 5.78 Å². The highest BCUT2D eigenvalue weighted by molar-refractivity contribution is 6.20. The summed E-state index contributed by atoms with van der Waals surface area (Å²) in [5, 5.41) is 10.8. The number of Topliss-reactive ketones (excluding diaryl/α,β-unsaturated/α-hetero) is 1. The minimum absolute atomic E-state index is 0.00939. The van der Waals surface area contributed by atoms with E-state index in [1.54, 1.807) is 6.07 Å². The minimum Gasteiger partial charge on any atom is -0.503 e. The molecule has 2 aromatic carbocycles. The number of ketones is 1. The third-order valence-electron chi connectivity index (χ3n) is 5.93. The Kier molecular flexibility index (Phi) is 5.62. The van der Waals surface area contributed by atoms with Gasteiger partial charge >= 0.3 is 0 Å². The molecule has 170 valence electrons. The van der Waals surface area contributed by atoms with Crippen molar-refractivity contribution in [2.45, 2.75) is 32.2 Å². The number of hydrogen-bond donors (Lipinski definition) is 1. The molecule has 2 heterocycles. The van der Waals surface area contributed by atoms with E-state index >= 15 is 0 Å². The van der Waals surface area contributed by atoms with E-state index in [4.69, 9.17) is 4.42 Å². The van der Waals surface area contributed by atoms with Crippen molar-refractivity contribution in [3.05, 3.63) is 95.1 Å². The van der Waals surface area contributed by atoms with Crippen molar-refractivity contribution < 1.29 is 19.1 Å². The Morgan fingerprint density at radius 2 is 1.64 bits per heavy atom. The maximum Gasteiger partial charge on any atom is 0.294 e. The third kappa shape index (κ3) is 4.04. The van der Waals surface area contributed by atoms with E-state index in [9.17, 15) is 14.7 Å². The summed E-state index contributed by atoms with van der Waals surface area (Å²) in [7, 11) is 3.87. The van der Waals surface area contributed by atoms with Gasteiger partial charge in [-0.05, 0) is 52.9 Å². The number of amides is 1. The molecule has 0 saturated carbocycles. The van der Waals surface area contributed by atoms with Crippen molar-refractivity contribution in [3.63, 3.8) is 0 Å². The molecule has 33 heavy (non-hydrogen) atoms. The van der Waals surface area contributed by atoms with Crippen LogP contribution < -0.4 is 9.80 Å². The number of nitrogens with zero attached hydrogens (tertiary/aromatic N) is 2. The summed E-state index contributed by atoms with van der Waals surface area (Å²) in [6.07, 6.45) is 1.40. The van der Waals surface area contributed by atoms with Gasteiger partial charge in [-0.2, -0.15) is 0 Å². The minimum atomic E-state index is -0.783. The van der Waals surface area contributed by atoms with E-state index in [1.165, 1.54) is 17.2 Å². The van der Waals surface area contributed by atoms with Gasteiger partial charge in [0.15, 0.2) is 11.5 Å². The van der Waals surface area contributed by atoms with Gasteiger partial charge in [0.1, 0.15) is 0 Å². The molecule has 1 unspecified atom stereocenters. The topological polar surface area (TPSA) is 74.0 Å². The predicted molar refractivity (Wildman–Crippen MR) is 129 cm³/mol. The largest absolute Gasteiger partial charge is 0.503 e. The number of benzene rings is 2. The molecule has 1 aromatic heterocycles. The van der Waals surface area contributed by atoms with Gasteiger partial charge in [-0.15, -0.1) is 0 Å². The lowest BCUT2D eigenvalue weighted by atomic mass is 9.85. The molecule has 1 aliphatic rings. The molecule has 3 aromatic rings. The summed E-state index contributed by atoms with van der Waals surface area (Å²) in [5.74, 6) is -1.61. The van der Waals surface area contributed by atoms with Crippen LogP contribution in [0.3, 0.4) is 0 Å². The molecule has 1 aliphatic heterocycles. The van der Waals surface area contributed by atoms with Crippen molar-refractivity contribution >= 4 is 23.1 Å². The molecule has 0 saturated heterocycles. The standard InChI is InChI=1S/C27H28N2O4/c1-27(2,3)18-10-8-17(9-11-18)23-22(24(30)21-7-6-16-33-21)25(31)26(32)29(23)20-14-12-19(13-15-20)28(4)5/h6-16,23,31H,1-5H3. The summed E-state index contributed by atoms with van der Waals surface area (Å²) >= 11 is 0. The average Bonchev–Trinajstić information content (AvgIpc) is 3.40. The number of anilines is 2. The first-order chi connectivity index (χ1) is 15.6. The Hall–Kier alpha value is -3.80. The van der Waals surface area contributed by atoms with Crippen LogP contribution in [-0.2, 0) is 10.2 Å². The number of aliphatic hydroxyl groups is 1. The number of furan rings is 1. The molecule has 0 bridgehead atoms. The highest BCUT2D eigenvalue weighted by Crippen LogP contribution is 2.42. The van der Waals surface area contributed by atoms with Gasteiger partial charge in [0.05, 0.1) is 17.9 Å². The Morgan fingerprint density at radius 1 is 1.00 bits per heavy atom. The third-order valence-corrected chi connectivity index (χ3v) is 5.93. The number of carbonyl (C=O) groups excluding carboxylic acids is 2. The van der Waals surface area contributed by atoms with Crippen LogP contribution in [0.25, 0.3) is 0 Å². The Bertz CT molecular complexity index is 1200. The van der Waals surface area contributed by atoms with E-state index in [0.717, 1.165) is 16.8 Å². The van der Waals surface area contributed by atoms with Crippen LogP contribution in [-0.4, -0.2) is 30.9 Å². The van der Waals surface area contributed by atoms with Crippen molar-refractivity contribution in [2.24, 2.45) is 0 Å². The van der Waals surface area contributed by atoms with E-state index in [-0.39, 0.29) is 16.7 Å². The fourth-order valence-electron chi connectivity index (χ4n) is 4.04. The van der Waals surface area contributed by atoms with Gasteiger partial charge in [0, 0.05) is 25.5 Å². The number of hydrogen-bond acceptors (Lipinski definition) is 5. The molecule has 0 aliphatic carbocycles. The van der Waals surface area contributed by atoms with E-state index in [2.05, 4.69) is 20.8 Å². The van der Waals surface area contributed by atoms with Crippen LogP contribution in [0.4, 0.5) is 11.4 Å². The lowest BCUT2D eigenvalue weighted by Gasteiger charge is -2.28. The maximum absolute atomic E-state index is 13.3. The molecule has 6 nitrogen and oxygen atoms in total. The summed E-state index contributed by atoms with van der Waals surface area (Å²) in [5.41, 5.74) is 3.38. The lowest BCUT2D eigenvalue weighted by Crippen LogP contribution is -2.31. The molecule has 1 amide bonds. The van der Waals surface area contributed by atoms with Crippen LogP contribution in [0.2, 0.25) is 0 Å². The summed E-state index contributed by atoms with van der Waals surface area (Å²) in [6.45, 7) is 6.37. The van der Waals surface area contributed by atoms with Crippen molar-refractivity contribution in [2.75, 3.05) is 23.9 Å². The highest BCUT2D eigenvalue weighted by atomic mass is 16.3. The molecule has 1 atom stereocenters. The lowest BCUT2D eigenvalue weighted by molar-refractivity contribution is -0.117. The quantitative estimate of drug-likeness (QED) is 0.532. The second-order valence-corrected chi connectivity index (χ2v) is 9.43. The monoisotopic (exact) mass is 444 g/mol. The zero-order chi connectivity index (χ0) is 23.9. The Labute approximate surface area is 193 Å². The number of carbonyl (C=O) groups is 2. The summed E-state index contributed by atoms with van der Waals surface area (Å²) < 4.78 is 5.29. The Morgan fingerprint density at radius 3 is 2.15 bits per heavy atom. The fraction of sp³-hybridized carbons (Fsp3) is 0.259. The van der Waals surface area contributed by atoms with Crippen LogP contribution >= 0.6 is 0 Å². The van der Waals surface area contributed by atoms with E-state index in [0.29, 0.717) is 5.69 Å². The fourth-order valence-corrected chi connectivity index (χ4v) is 4.04. The molecule has 0 fully saturated rings. The number of aliphatic hydroxyl groups excluding tert-OH is 1. The normalized spacial score (nSPS) is 16.5. The van der Waals surface area contributed by atoms with Crippen LogP contribution in [0.5, 0.6) is 0 Å². The van der Waals surface area contributed by atoms with Crippen molar-refractivity contribution in [1.82, 2.24) is 0 Å². The van der Waals surface area contributed by atoms with Crippen LogP contribution in [0.1, 0.15) is 48.5 Å². The average molecular weight is 445 g/mol. The Balaban J connectivity index is 1.84. The van der Waals surface area contributed by atoms with Crippen molar-refractivity contribution in [3.8, 4) is 0 Å². The first-order valence-electron chi connectivity index (χ1n) is 10.8. The molecule has 1 N–H and O–H groups in total. The van der Waals surface area contributed by atoms with Gasteiger partial charge < -0.3 is 14.4 Å². The first kappa shape index (κ1) is 22.4. The van der Waals surface area contributed by atoms with Gasteiger partial charge in [-0.25, -0.2) is 0 Å². The summed E-state index contributed by atoms with van der Waals surface area (Å²) in [6, 6.07) is 17.6. The van der Waals surface area contributed by atoms with Crippen molar-refractivity contribution in [1.29, 1.82) is 0 Å². The zero-order valence-corrected chi connectivity index (χ0v) is 19.5. The second kappa shape index (κ2) is 8.28. The van der Waals surface area contributed by atoms with Gasteiger partial charge in [0.25, 0.3) is 5.91 Å². The van der Waals surface area contributed by atoms with Crippen LogP contribution in [0, 0.1) is 0 Å². The van der Waals surface area contributed by atoms with E-state index < -0.39 is 23.5 Å². The smallest absolute Gasteiger partial charge is 0.294 e. The second-order valence-electron chi connectivity index (χ2n) is 9.43. The number of rotatable bonds is 5. The van der Waals surface area contributed by atoms with Gasteiger partial charge in [-0.1, -0.05) is 45.0 Å². The molecular weight excluding hydrogens is 416 g/mol. The zero-order valence-electron chi connectivity index (χ0n) is 19.5. The molecule has 4 rings (SSSR count). The highest BCUT2D eigenvalue weighted by Gasteiger charge is 2.45. The molecular formula is C27H28N2O4. The molecule has 0 spiro atoms. The molecule has 6 heteroatoms. The SMILES string of the molecule is CN(C)c1ccc(N2C(=O)C(O)=C(C(=O)c3ccco3)C2c2ccc(C(C)(C)C)cc2)cc1. The summed E-state index contributed by atoms with van der Waals surface area (Å²) in [4.78, 5) is 30.0. The maximum atomic E-state index is 13.3. The predicted octanol–water partition coefficient (Wildman–Crippen LogP) is 5.43. The van der Waals surface area contributed by atoms with E-state index in [1.807, 2.05) is 67.5 Å². The first-order valence-corrected chi connectivity index (χ1v) is 10.8. The molecule has 0 radical (unpaired) electrons. The van der Waals surface area contributed by atoms with Crippen LogP contribution in [0.15, 0.2) is 82.7 Å².